The molecule has 2 heterocycles. The Morgan fingerprint density at radius 2 is 2.19 bits per heavy atom. The number of carbonyl (C=O) groups excluding carboxylic acids is 1. The highest BCUT2D eigenvalue weighted by Gasteiger charge is 2.52. The van der Waals surface area contributed by atoms with Gasteiger partial charge in [0, 0.05) is 13.5 Å². The number of likely N-dealkylation sites (N-methyl/N-ethyl adjacent to an activating group) is 1. The topological polar surface area (TPSA) is 123 Å². The Morgan fingerprint density at radius 3 is 2.76 bits per heavy atom. The third-order valence-corrected chi connectivity index (χ3v) is 4.12. The summed E-state index contributed by atoms with van der Waals surface area (Å²) in [6.07, 6.45) is -3.18. The first-order valence-electron chi connectivity index (χ1n) is 6.45. The maximum Gasteiger partial charge on any atom is 0.410 e. The molecule has 2 aliphatic heterocycles. The second-order valence-corrected chi connectivity index (χ2v) is 6.83. The predicted molar refractivity (Wildman–Crippen MR) is 69.0 cm³/mol. The van der Waals surface area contributed by atoms with Gasteiger partial charge in [-0.05, 0) is 0 Å². The molecule has 0 aromatic carbocycles. The molecule has 0 aromatic rings. The van der Waals surface area contributed by atoms with Crippen LogP contribution in [0.1, 0.15) is 6.42 Å². The van der Waals surface area contributed by atoms with E-state index >= 15 is 0 Å². The molecule has 2 aliphatic rings. The number of carbonyl (C=O) groups is 1. The molecule has 0 aliphatic carbocycles. The van der Waals surface area contributed by atoms with E-state index in [1.807, 2.05) is 0 Å². The van der Waals surface area contributed by atoms with Crippen LogP contribution in [0.2, 0.25) is 0 Å². The lowest BCUT2D eigenvalue weighted by atomic mass is 9.93. The van der Waals surface area contributed by atoms with Gasteiger partial charge >= 0.3 is 6.09 Å². The van der Waals surface area contributed by atoms with Gasteiger partial charge < -0.3 is 24.6 Å². The zero-order valence-electron chi connectivity index (χ0n) is 11.7. The summed E-state index contributed by atoms with van der Waals surface area (Å²) in [4.78, 5) is 12.9. The summed E-state index contributed by atoms with van der Waals surface area (Å²) in [6.45, 7) is -0.405. The van der Waals surface area contributed by atoms with Crippen LogP contribution in [0.5, 0.6) is 0 Å². The Labute approximate surface area is 122 Å². The van der Waals surface area contributed by atoms with Crippen molar-refractivity contribution in [3.63, 3.8) is 0 Å². The molecular weight excluding hydrogens is 306 g/mol. The lowest BCUT2D eigenvalue weighted by molar-refractivity contribution is -0.134. The lowest BCUT2D eigenvalue weighted by Gasteiger charge is -2.39. The van der Waals surface area contributed by atoms with Crippen molar-refractivity contribution in [2.45, 2.75) is 36.9 Å². The molecule has 2 saturated heterocycles. The number of rotatable bonds is 5. The Bertz CT molecular complexity index is 494. The quantitative estimate of drug-likeness (QED) is 0.573. The lowest BCUT2D eigenvalue weighted by Crippen LogP contribution is -2.57. The number of amides is 1. The van der Waals surface area contributed by atoms with Crippen LogP contribution in [-0.2, 0) is 23.8 Å². The Balaban J connectivity index is 2.23. The Kier molecular flexibility index (Phi) is 4.73. The fourth-order valence-electron chi connectivity index (χ4n) is 2.62. The van der Waals surface area contributed by atoms with Crippen molar-refractivity contribution in [2.75, 3.05) is 26.5 Å². The summed E-state index contributed by atoms with van der Waals surface area (Å²) in [5.41, 5.74) is 0. The van der Waals surface area contributed by atoms with Gasteiger partial charge in [0.05, 0.1) is 31.7 Å². The molecule has 0 spiro atoms. The molecule has 2 fully saturated rings. The number of fused-ring (bicyclic) bond motifs is 1. The average Bonchev–Trinajstić information content (AvgIpc) is 2.67. The van der Waals surface area contributed by atoms with Gasteiger partial charge in [-0.15, -0.1) is 0 Å². The first-order valence-corrected chi connectivity index (χ1v) is 8.27. The van der Waals surface area contributed by atoms with Gasteiger partial charge in [-0.3, -0.25) is 4.18 Å². The van der Waals surface area contributed by atoms with Gasteiger partial charge in [-0.1, -0.05) is 0 Å². The van der Waals surface area contributed by atoms with E-state index in [9.17, 15) is 18.3 Å². The zero-order valence-corrected chi connectivity index (χ0v) is 12.5. The number of aliphatic hydroxyl groups excluding tert-OH is 2. The van der Waals surface area contributed by atoms with Gasteiger partial charge in [0.1, 0.15) is 12.1 Å². The Morgan fingerprint density at radius 1 is 1.52 bits per heavy atom. The van der Waals surface area contributed by atoms with E-state index in [2.05, 4.69) is 0 Å². The standard InChI is InChI=1S/C11H19NO8S/c1-12-9-8(19-11(12)15)5-18-7(3-6(14)4-13)10(9)20-21(2,16)17/h6-10,13-14H,3-5H2,1-2H3/t6?,7-,8-,9-,10-/m1/s1. The van der Waals surface area contributed by atoms with Crippen LogP contribution in [0.3, 0.4) is 0 Å². The smallest absolute Gasteiger partial charge is 0.410 e. The predicted octanol–water partition coefficient (Wildman–Crippen LogP) is -1.71. The van der Waals surface area contributed by atoms with Crippen LogP contribution in [0.4, 0.5) is 4.79 Å². The molecule has 10 heteroatoms. The summed E-state index contributed by atoms with van der Waals surface area (Å²) < 4.78 is 38.5. The molecule has 0 aromatic heterocycles. The third kappa shape index (κ3) is 3.64. The van der Waals surface area contributed by atoms with Crippen LogP contribution in [0.15, 0.2) is 0 Å². The highest BCUT2D eigenvalue weighted by atomic mass is 32.2. The molecule has 0 radical (unpaired) electrons. The maximum absolute atomic E-state index is 11.6. The van der Waals surface area contributed by atoms with Gasteiger partial charge in [0.2, 0.25) is 0 Å². The monoisotopic (exact) mass is 325 g/mol. The van der Waals surface area contributed by atoms with Gasteiger partial charge in [-0.25, -0.2) is 4.79 Å². The molecule has 122 valence electrons. The van der Waals surface area contributed by atoms with Crippen molar-refractivity contribution >= 4 is 16.2 Å². The van der Waals surface area contributed by atoms with Crippen LogP contribution in [0, 0.1) is 0 Å². The van der Waals surface area contributed by atoms with E-state index in [0.29, 0.717) is 0 Å². The summed E-state index contributed by atoms with van der Waals surface area (Å²) >= 11 is 0. The SMILES string of the molecule is CN1C(=O)O[C@@H]2CO[C@H](CC(O)CO)[C@@H](OS(C)(=O)=O)[C@@H]21. The fourth-order valence-corrected chi connectivity index (χ4v) is 3.26. The van der Waals surface area contributed by atoms with E-state index in [1.165, 1.54) is 11.9 Å². The first-order chi connectivity index (χ1) is 9.73. The number of hydrogen-bond donors (Lipinski definition) is 2. The maximum atomic E-state index is 11.6. The second-order valence-electron chi connectivity index (χ2n) is 5.23. The average molecular weight is 325 g/mol. The summed E-state index contributed by atoms with van der Waals surface area (Å²) in [5, 5.41) is 18.4. The van der Waals surface area contributed by atoms with Crippen molar-refractivity contribution in [3.05, 3.63) is 0 Å². The van der Waals surface area contributed by atoms with Gasteiger partial charge in [0.15, 0.2) is 6.10 Å². The minimum absolute atomic E-state index is 0.0120. The largest absolute Gasteiger partial charge is 0.441 e. The number of nitrogens with zero attached hydrogens (tertiary/aromatic N) is 1. The van der Waals surface area contributed by atoms with Crippen LogP contribution in [0.25, 0.3) is 0 Å². The second kappa shape index (κ2) is 6.05. The van der Waals surface area contributed by atoms with E-state index in [-0.39, 0.29) is 13.0 Å². The van der Waals surface area contributed by atoms with E-state index in [4.69, 9.17) is 18.8 Å². The normalized spacial score (nSPS) is 34.5. The van der Waals surface area contributed by atoms with Crippen LogP contribution in [-0.4, -0.2) is 86.6 Å². The van der Waals surface area contributed by atoms with E-state index < -0.39 is 53.3 Å². The molecule has 9 nitrogen and oxygen atoms in total. The Hall–Kier alpha value is -0.940. The highest BCUT2D eigenvalue weighted by molar-refractivity contribution is 7.86. The summed E-state index contributed by atoms with van der Waals surface area (Å²) in [5.74, 6) is 0. The number of hydrogen-bond acceptors (Lipinski definition) is 8. The van der Waals surface area contributed by atoms with Crippen molar-refractivity contribution in [1.82, 2.24) is 4.90 Å². The van der Waals surface area contributed by atoms with Crippen molar-refractivity contribution < 1.29 is 37.1 Å². The van der Waals surface area contributed by atoms with Gasteiger partial charge in [0.25, 0.3) is 10.1 Å². The van der Waals surface area contributed by atoms with Crippen molar-refractivity contribution in [2.24, 2.45) is 0 Å². The van der Waals surface area contributed by atoms with Crippen molar-refractivity contribution in [1.29, 1.82) is 0 Å². The molecule has 5 atom stereocenters. The molecule has 2 rings (SSSR count). The fraction of sp³-hybridized carbons (Fsp3) is 0.909. The molecule has 1 amide bonds. The van der Waals surface area contributed by atoms with Crippen molar-refractivity contribution in [3.8, 4) is 0 Å². The number of aliphatic hydroxyl groups is 2. The van der Waals surface area contributed by atoms with Crippen LogP contribution < -0.4 is 0 Å². The first kappa shape index (κ1) is 16.4. The summed E-state index contributed by atoms with van der Waals surface area (Å²) in [6, 6.07) is -0.628. The van der Waals surface area contributed by atoms with E-state index in [0.717, 1.165) is 6.26 Å². The highest BCUT2D eigenvalue weighted by Crippen LogP contribution is 2.32. The molecule has 0 saturated carbocycles. The number of ether oxygens (including phenoxy) is 2. The molecule has 21 heavy (non-hydrogen) atoms. The molecular formula is C11H19NO8S. The zero-order chi connectivity index (χ0) is 15.8. The molecule has 2 N–H and O–H groups in total. The van der Waals surface area contributed by atoms with Gasteiger partial charge in [-0.2, -0.15) is 8.42 Å². The van der Waals surface area contributed by atoms with Crippen LogP contribution >= 0.6 is 0 Å². The minimum Gasteiger partial charge on any atom is -0.441 e. The minimum atomic E-state index is -3.80. The molecule has 1 unspecified atom stereocenters. The molecule has 0 bridgehead atoms. The van der Waals surface area contributed by atoms with E-state index in [1.54, 1.807) is 0 Å². The summed E-state index contributed by atoms with van der Waals surface area (Å²) in [7, 11) is -2.31. The third-order valence-electron chi connectivity index (χ3n) is 3.55.